The number of hydrogen-bond donors (Lipinski definition) is 1. The van der Waals surface area contributed by atoms with Crippen molar-refractivity contribution in [3.05, 3.63) is 46.9 Å². The van der Waals surface area contributed by atoms with Gasteiger partial charge in [0.2, 0.25) is 0 Å². The van der Waals surface area contributed by atoms with Crippen LogP contribution in [0.5, 0.6) is 0 Å². The molecule has 1 saturated heterocycles. The number of fused-ring (bicyclic) bond motifs is 3. The van der Waals surface area contributed by atoms with Crippen LogP contribution in [-0.4, -0.2) is 34.2 Å². The molecule has 0 bridgehead atoms. The van der Waals surface area contributed by atoms with Crippen LogP contribution in [0.25, 0.3) is 10.2 Å². The van der Waals surface area contributed by atoms with Crippen LogP contribution in [0.2, 0.25) is 0 Å². The van der Waals surface area contributed by atoms with E-state index in [0.717, 1.165) is 36.7 Å². The molecule has 134 valence electrons. The molecule has 6 heteroatoms. The van der Waals surface area contributed by atoms with Gasteiger partial charge < -0.3 is 10.1 Å². The molecule has 0 aromatic carbocycles. The summed E-state index contributed by atoms with van der Waals surface area (Å²) in [5.41, 5.74) is 2.78. The Morgan fingerprint density at radius 2 is 2.00 bits per heavy atom. The van der Waals surface area contributed by atoms with Crippen LogP contribution in [0, 0.1) is 5.92 Å². The number of pyridine rings is 1. The van der Waals surface area contributed by atoms with E-state index in [1.165, 1.54) is 40.7 Å². The van der Waals surface area contributed by atoms with E-state index < -0.39 is 0 Å². The molecule has 1 aliphatic heterocycles. The van der Waals surface area contributed by atoms with Crippen molar-refractivity contribution in [2.75, 3.05) is 18.5 Å². The molecule has 4 heterocycles. The first-order chi connectivity index (χ1) is 12.9. The van der Waals surface area contributed by atoms with E-state index in [-0.39, 0.29) is 6.04 Å². The van der Waals surface area contributed by atoms with Crippen LogP contribution in [0.15, 0.2) is 30.9 Å². The molecule has 0 saturated carbocycles. The zero-order chi connectivity index (χ0) is 17.3. The Kier molecular flexibility index (Phi) is 4.30. The normalized spacial score (nSPS) is 22.5. The highest BCUT2D eigenvalue weighted by atomic mass is 32.1. The van der Waals surface area contributed by atoms with Gasteiger partial charge in [0.05, 0.1) is 24.6 Å². The van der Waals surface area contributed by atoms with Crippen molar-refractivity contribution in [2.24, 2.45) is 5.92 Å². The summed E-state index contributed by atoms with van der Waals surface area (Å²) in [5.74, 6) is 1.43. The SMILES string of the molecule is c1cc(C[C@@H]2COC[C@H]2Nc2ncnc3sc4c(c23)CCCC4)ccn1. The number of thiophene rings is 1. The highest BCUT2D eigenvalue weighted by Gasteiger charge is 2.30. The van der Waals surface area contributed by atoms with Crippen LogP contribution in [0.1, 0.15) is 28.8 Å². The molecule has 5 nitrogen and oxygen atoms in total. The van der Waals surface area contributed by atoms with Gasteiger partial charge >= 0.3 is 0 Å². The summed E-state index contributed by atoms with van der Waals surface area (Å²) in [6, 6.07) is 4.46. The molecule has 1 N–H and O–H groups in total. The fourth-order valence-electron chi connectivity index (χ4n) is 4.16. The first-order valence-corrected chi connectivity index (χ1v) is 10.2. The van der Waals surface area contributed by atoms with E-state index in [0.29, 0.717) is 5.92 Å². The molecule has 0 radical (unpaired) electrons. The topological polar surface area (TPSA) is 59.9 Å². The number of nitrogens with zero attached hydrogens (tertiary/aromatic N) is 3. The largest absolute Gasteiger partial charge is 0.379 e. The second-order valence-electron chi connectivity index (χ2n) is 7.22. The third-order valence-electron chi connectivity index (χ3n) is 5.52. The summed E-state index contributed by atoms with van der Waals surface area (Å²) in [4.78, 5) is 15.9. The van der Waals surface area contributed by atoms with E-state index in [1.54, 1.807) is 6.33 Å². The zero-order valence-corrected chi connectivity index (χ0v) is 15.5. The van der Waals surface area contributed by atoms with Gasteiger partial charge in [-0.1, -0.05) is 0 Å². The van der Waals surface area contributed by atoms with Crippen molar-refractivity contribution in [1.82, 2.24) is 15.0 Å². The van der Waals surface area contributed by atoms with Crippen LogP contribution >= 0.6 is 11.3 Å². The van der Waals surface area contributed by atoms with Crippen LogP contribution in [-0.2, 0) is 24.0 Å². The third kappa shape index (κ3) is 2.97. The number of ether oxygens (including phenoxy) is 1. The van der Waals surface area contributed by atoms with Crippen LogP contribution in [0.4, 0.5) is 5.82 Å². The average Bonchev–Trinajstić information content (AvgIpc) is 3.27. The molecule has 5 rings (SSSR count). The van der Waals surface area contributed by atoms with Crippen molar-refractivity contribution in [3.8, 4) is 0 Å². The maximum absolute atomic E-state index is 5.80. The van der Waals surface area contributed by atoms with E-state index in [2.05, 4.69) is 32.4 Å². The quantitative estimate of drug-likeness (QED) is 0.764. The lowest BCUT2D eigenvalue weighted by atomic mass is 9.94. The molecule has 3 aromatic rings. The van der Waals surface area contributed by atoms with Gasteiger partial charge in [0, 0.05) is 23.2 Å². The van der Waals surface area contributed by atoms with E-state index >= 15 is 0 Å². The summed E-state index contributed by atoms with van der Waals surface area (Å²) in [6.07, 6.45) is 11.3. The molecular formula is C20H22N4OS. The van der Waals surface area contributed by atoms with Gasteiger partial charge in [-0.15, -0.1) is 11.3 Å². The average molecular weight is 366 g/mol. The Morgan fingerprint density at radius 3 is 2.92 bits per heavy atom. The molecule has 0 spiro atoms. The molecule has 1 aliphatic carbocycles. The predicted molar refractivity (Wildman–Crippen MR) is 104 cm³/mol. The molecule has 0 amide bonds. The highest BCUT2D eigenvalue weighted by molar-refractivity contribution is 7.19. The van der Waals surface area contributed by atoms with Crippen molar-refractivity contribution in [2.45, 2.75) is 38.1 Å². The minimum absolute atomic E-state index is 0.278. The van der Waals surface area contributed by atoms with Gasteiger partial charge in [0.15, 0.2) is 0 Å². The van der Waals surface area contributed by atoms with E-state index in [4.69, 9.17) is 4.74 Å². The van der Waals surface area contributed by atoms with Crippen LogP contribution in [0.3, 0.4) is 0 Å². The van der Waals surface area contributed by atoms with Gasteiger partial charge in [-0.2, -0.15) is 0 Å². The van der Waals surface area contributed by atoms with Gasteiger partial charge in [0.1, 0.15) is 17.0 Å². The van der Waals surface area contributed by atoms with Crippen molar-refractivity contribution >= 4 is 27.4 Å². The summed E-state index contributed by atoms with van der Waals surface area (Å²) >= 11 is 1.85. The summed E-state index contributed by atoms with van der Waals surface area (Å²) < 4.78 is 5.80. The predicted octanol–water partition coefficient (Wildman–Crippen LogP) is 3.63. The Balaban J connectivity index is 1.42. The Morgan fingerprint density at radius 1 is 1.12 bits per heavy atom. The Hall–Kier alpha value is -2.05. The molecular weight excluding hydrogens is 344 g/mol. The Labute approximate surface area is 156 Å². The number of rotatable bonds is 4. The minimum Gasteiger partial charge on any atom is -0.379 e. The molecule has 1 fully saturated rings. The van der Waals surface area contributed by atoms with E-state index in [1.807, 2.05) is 23.7 Å². The highest BCUT2D eigenvalue weighted by Crippen LogP contribution is 2.38. The van der Waals surface area contributed by atoms with Gasteiger partial charge in [-0.3, -0.25) is 4.98 Å². The Bertz CT molecular complexity index is 911. The number of hydrogen-bond acceptors (Lipinski definition) is 6. The first kappa shape index (κ1) is 16.1. The summed E-state index contributed by atoms with van der Waals surface area (Å²) in [7, 11) is 0. The van der Waals surface area contributed by atoms with Gasteiger partial charge in [-0.05, 0) is 55.4 Å². The molecule has 26 heavy (non-hydrogen) atoms. The fourth-order valence-corrected chi connectivity index (χ4v) is 5.39. The van der Waals surface area contributed by atoms with E-state index in [9.17, 15) is 0 Å². The lowest BCUT2D eigenvalue weighted by Gasteiger charge is -2.20. The van der Waals surface area contributed by atoms with Crippen molar-refractivity contribution in [1.29, 1.82) is 0 Å². The van der Waals surface area contributed by atoms with Gasteiger partial charge in [0.25, 0.3) is 0 Å². The molecule has 2 aliphatic rings. The standard InChI is InChI=1S/C20H22N4OS/c1-2-4-17-15(3-1)18-19(22-12-23-20(18)26-17)24-16-11-25-10-14(16)9-13-5-7-21-8-6-13/h5-8,12,14,16H,1-4,9-11H2,(H,22,23,24)/t14-,16-/m1/s1. The molecule has 2 atom stereocenters. The maximum Gasteiger partial charge on any atom is 0.138 e. The molecule has 3 aromatic heterocycles. The number of anilines is 1. The van der Waals surface area contributed by atoms with Crippen LogP contribution < -0.4 is 5.32 Å². The summed E-state index contributed by atoms with van der Waals surface area (Å²) in [6.45, 7) is 1.52. The third-order valence-corrected chi connectivity index (χ3v) is 6.72. The maximum atomic E-state index is 5.80. The molecule has 0 unspecified atom stereocenters. The smallest absolute Gasteiger partial charge is 0.138 e. The second-order valence-corrected chi connectivity index (χ2v) is 8.30. The second kappa shape index (κ2) is 6.93. The van der Waals surface area contributed by atoms with Crippen molar-refractivity contribution in [3.63, 3.8) is 0 Å². The summed E-state index contributed by atoms with van der Waals surface area (Å²) in [5, 5.41) is 4.96. The first-order valence-electron chi connectivity index (χ1n) is 9.37. The minimum atomic E-state index is 0.278. The monoisotopic (exact) mass is 366 g/mol. The number of aryl methyl sites for hydroxylation is 2. The fraction of sp³-hybridized carbons (Fsp3) is 0.450. The zero-order valence-electron chi connectivity index (χ0n) is 14.6. The lowest BCUT2D eigenvalue weighted by Crippen LogP contribution is -2.29. The van der Waals surface area contributed by atoms with Gasteiger partial charge in [-0.25, -0.2) is 9.97 Å². The number of aromatic nitrogens is 3. The van der Waals surface area contributed by atoms with Crippen molar-refractivity contribution < 1.29 is 4.74 Å². The number of nitrogens with one attached hydrogen (secondary N) is 1. The lowest BCUT2D eigenvalue weighted by molar-refractivity contribution is 0.185.